The summed E-state index contributed by atoms with van der Waals surface area (Å²) in [6.07, 6.45) is 2.69. The Morgan fingerprint density at radius 2 is 2.30 bits per heavy atom. The van der Waals surface area contributed by atoms with Crippen LogP contribution in [0.5, 0.6) is 0 Å². The van der Waals surface area contributed by atoms with Crippen molar-refractivity contribution in [3.63, 3.8) is 0 Å². The van der Waals surface area contributed by atoms with E-state index in [-0.39, 0.29) is 13.0 Å². The number of hydrogen-bond donors (Lipinski definition) is 2. The van der Waals surface area contributed by atoms with Crippen molar-refractivity contribution < 1.29 is 9.90 Å². The zero-order valence-corrected chi connectivity index (χ0v) is 5.40. The average Bonchev–Trinajstić information content (AvgIpc) is 1.87. The second-order valence-corrected chi connectivity index (χ2v) is 1.50. The van der Waals surface area contributed by atoms with Crippen LogP contribution >= 0.6 is 0 Å². The molecule has 0 bridgehead atoms. The highest BCUT2D eigenvalue weighted by atomic mass is 16.4. The van der Waals surface area contributed by atoms with Crippen molar-refractivity contribution in [2.45, 2.75) is 6.42 Å². The number of carboxylic acid groups (broad SMARTS) is 1. The summed E-state index contributed by atoms with van der Waals surface area (Å²) in [7, 11) is 0. The molecule has 5 nitrogen and oxygen atoms in total. The number of carbonyl (C=O) groups is 1. The van der Waals surface area contributed by atoms with Crippen LogP contribution in [0.3, 0.4) is 0 Å². The van der Waals surface area contributed by atoms with Gasteiger partial charge in [0.25, 0.3) is 0 Å². The first-order chi connectivity index (χ1) is 4.77. The molecule has 10 heavy (non-hydrogen) atoms. The van der Waals surface area contributed by atoms with E-state index in [1.54, 1.807) is 0 Å². The number of nitrogens with zero attached hydrogens (tertiary/aromatic N) is 2. The molecule has 0 rings (SSSR count). The molecule has 0 aliphatic rings. The summed E-state index contributed by atoms with van der Waals surface area (Å²) in [5, 5.41) is 11.3. The molecule has 3 N–H and O–H groups in total. The first-order valence-corrected chi connectivity index (χ1v) is 2.71. The third kappa shape index (κ3) is 6.61. The molecule has 0 aromatic carbocycles. The molecular formula is C5H9N3O2. The van der Waals surface area contributed by atoms with Crippen molar-refractivity contribution in [1.29, 1.82) is 0 Å². The predicted octanol–water partition coefficient (Wildman–Crippen LogP) is -0.524. The largest absolute Gasteiger partial charge is 0.481 e. The maximum atomic E-state index is 9.90. The van der Waals surface area contributed by atoms with E-state index in [0.717, 1.165) is 0 Å². The number of carboxylic acids is 1. The Bertz CT molecular complexity index is 153. The summed E-state index contributed by atoms with van der Waals surface area (Å²) in [4.78, 5) is 13.6. The van der Waals surface area contributed by atoms with Crippen LogP contribution in [0.2, 0.25) is 0 Å². The Labute approximate surface area is 58.3 Å². The Kier molecular flexibility index (Phi) is 4.94. The van der Waals surface area contributed by atoms with Gasteiger partial charge in [-0.3, -0.25) is 9.79 Å². The molecule has 0 radical (unpaired) electrons. The molecule has 0 aliphatic carbocycles. The van der Waals surface area contributed by atoms with Gasteiger partial charge in [-0.2, -0.15) is 5.10 Å². The molecule has 0 saturated heterocycles. The molecule has 0 aromatic rings. The SMILES string of the molecule is N/N=C\C=NCCC(=O)O. The Hall–Kier alpha value is -1.39. The lowest BCUT2D eigenvalue weighted by Crippen LogP contribution is -1.97. The molecule has 0 heterocycles. The van der Waals surface area contributed by atoms with Gasteiger partial charge in [-0.1, -0.05) is 0 Å². The topological polar surface area (TPSA) is 88.0 Å². The van der Waals surface area contributed by atoms with Gasteiger partial charge in [0.1, 0.15) is 0 Å². The second-order valence-electron chi connectivity index (χ2n) is 1.50. The maximum Gasteiger partial charge on any atom is 0.305 e. The second kappa shape index (κ2) is 5.74. The highest BCUT2D eigenvalue weighted by Gasteiger charge is 1.90. The highest BCUT2D eigenvalue weighted by molar-refractivity contribution is 6.15. The van der Waals surface area contributed by atoms with E-state index >= 15 is 0 Å². The van der Waals surface area contributed by atoms with Crippen molar-refractivity contribution in [3.05, 3.63) is 0 Å². The van der Waals surface area contributed by atoms with Gasteiger partial charge >= 0.3 is 5.97 Å². The summed E-state index contributed by atoms with van der Waals surface area (Å²) in [5.74, 6) is 3.87. The summed E-state index contributed by atoms with van der Waals surface area (Å²) < 4.78 is 0. The van der Waals surface area contributed by atoms with Crippen LogP contribution in [0, 0.1) is 0 Å². The monoisotopic (exact) mass is 143 g/mol. The van der Waals surface area contributed by atoms with Crippen LogP contribution < -0.4 is 5.84 Å². The molecule has 0 fully saturated rings. The van der Waals surface area contributed by atoms with Crippen LogP contribution in [0.25, 0.3) is 0 Å². The standard InChI is InChI=1S/C5H9N3O2/c6-8-4-3-7-2-1-5(9)10/h3-4H,1-2,6H2,(H,9,10)/b7-3?,8-4-. The van der Waals surface area contributed by atoms with E-state index in [9.17, 15) is 4.79 Å². The quantitative estimate of drug-likeness (QED) is 0.315. The van der Waals surface area contributed by atoms with E-state index in [2.05, 4.69) is 10.1 Å². The Morgan fingerprint density at radius 1 is 1.60 bits per heavy atom. The number of hydrogen-bond acceptors (Lipinski definition) is 4. The smallest absolute Gasteiger partial charge is 0.305 e. The molecule has 5 heteroatoms. The van der Waals surface area contributed by atoms with E-state index in [4.69, 9.17) is 10.9 Å². The highest BCUT2D eigenvalue weighted by Crippen LogP contribution is 1.77. The number of rotatable bonds is 4. The normalized spacial score (nSPS) is 11.2. The molecule has 0 aromatic heterocycles. The van der Waals surface area contributed by atoms with Crippen LogP contribution in [0.15, 0.2) is 10.1 Å². The van der Waals surface area contributed by atoms with Gasteiger partial charge in [-0.05, 0) is 0 Å². The minimum absolute atomic E-state index is 0.0366. The fourth-order valence-corrected chi connectivity index (χ4v) is 0.320. The van der Waals surface area contributed by atoms with Crippen LogP contribution in [0.1, 0.15) is 6.42 Å². The van der Waals surface area contributed by atoms with Crippen LogP contribution in [0.4, 0.5) is 0 Å². The van der Waals surface area contributed by atoms with Gasteiger partial charge in [0, 0.05) is 12.8 Å². The van der Waals surface area contributed by atoms with Gasteiger partial charge in [0.15, 0.2) is 0 Å². The maximum absolute atomic E-state index is 9.90. The molecule has 56 valence electrons. The minimum atomic E-state index is -0.859. The van der Waals surface area contributed by atoms with Crippen LogP contribution in [-0.4, -0.2) is 30.0 Å². The first kappa shape index (κ1) is 8.61. The predicted molar refractivity (Wildman–Crippen MR) is 38.3 cm³/mol. The van der Waals surface area contributed by atoms with Crippen LogP contribution in [-0.2, 0) is 4.79 Å². The van der Waals surface area contributed by atoms with Gasteiger partial charge in [-0.25, -0.2) is 0 Å². The Balaban J connectivity index is 3.27. The van der Waals surface area contributed by atoms with E-state index < -0.39 is 5.97 Å². The fourth-order valence-electron chi connectivity index (χ4n) is 0.320. The number of nitrogens with two attached hydrogens (primary N) is 1. The van der Waals surface area contributed by atoms with Crippen molar-refractivity contribution in [2.75, 3.05) is 6.54 Å². The summed E-state index contributed by atoms with van der Waals surface area (Å²) in [6.45, 7) is 0.265. The van der Waals surface area contributed by atoms with Crippen molar-refractivity contribution in [1.82, 2.24) is 0 Å². The molecule has 0 spiro atoms. The molecule has 0 saturated carbocycles. The van der Waals surface area contributed by atoms with Crippen molar-refractivity contribution >= 4 is 18.4 Å². The summed E-state index contributed by atoms with van der Waals surface area (Å²) in [6, 6.07) is 0. The first-order valence-electron chi connectivity index (χ1n) is 2.71. The van der Waals surface area contributed by atoms with Crippen molar-refractivity contribution in [2.24, 2.45) is 15.9 Å². The Morgan fingerprint density at radius 3 is 2.80 bits per heavy atom. The number of aliphatic imine (C=N–C) groups is 1. The molecule has 0 atom stereocenters. The lowest BCUT2D eigenvalue weighted by molar-refractivity contribution is -0.136. The van der Waals surface area contributed by atoms with Crippen molar-refractivity contribution in [3.8, 4) is 0 Å². The third-order valence-electron chi connectivity index (χ3n) is 0.713. The third-order valence-corrected chi connectivity index (χ3v) is 0.713. The number of aliphatic carboxylic acids is 1. The zero-order valence-electron chi connectivity index (χ0n) is 5.40. The van der Waals surface area contributed by atoms with Gasteiger partial charge in [0.05, 0.1) is 12.6 Å². The molecule has 0 unspecified atom stereocenters. The number of hydrazone groups is 1. The average molecular weight is 143 g/mol. The summed E-state index contributed by atoms with van der Waals surface area (Å²) in [5.41, 5.74) is 0. The van der Waals surface area contributed by atoms with Gasteiger partial charge < -0.3 is 10.9 Å². The molecule has 0 amide bonds. The van der Waals surface area contributed by atoms with E-state index in [1.165, 1.54) is 12.4 Å². The van der Waals surface area contributed by atoms with Gasteiger partial charge in [0.2, 0.25) is 0 Å². The van der Waals surface area contributed by atoms with Gasteiger partial charge in [-0.15, -0.1) is 0 Å². The lowest BCUT2D eigenvalue weighted by Gasteiger charge is -1.84. The van der Waals surface area contributed by atoms with E-state index in [1.807, 2.05) is 0 Å². The molecular weight excluding hydrogens is 134 g/mol. The molecule has 0 aliphatic heterocycles. The summed E-state index contributed by atoms with van der Waals surface area (Å²) >= 11 is 0. The fraction of sp³-hybridized carbons (Fsp3) is 0.400. The zero-order chi connectivity index (χ0) is 7.82. The minimum Gasteiger partial charge on any atom is -0.481 e. The lowest BCUT2D eigenvalue weighted by atomic mass is 10.4. The van der Waals surface area contributed by atoms with E-state index in [0.29, 0.717) is 0 Å².